The van der Waals surface area contributed by atoms with Gasteiger partial charge in [-0.15, -0.1) is 0 Å². The van der Waals surface area contributed by atoms with Crippen LogP contribution in [0.25, 0.3) is 10.2 Å². The lowest BCUT2D eigenvalue weighted by Crippen LogP contribution is -2.12. The molecule has 0 aliphatic rings. The Morgan fingerprint density at radius 1 is 0.704 bits per heavy atom. The van der Waals surface area contributed by atoms with E-state index in [0.29, 0.717) is 35.0 Å². The number of rotatable bonds is 19. The molecule has 1 N–H and O–H groups in total. The third-order valence-corrected chi connectivity index (χ3v) is 8.30. The Bertz CT molecular complexity index is 2100. The Morgan fingerprint density at radius 3 is 1.83 bits per heavy atom. The quantitative estimate of drug-likeness (QED) is 0.0231. The maximum atomic E-state index is 12.9. The van der Waals surface area contributed by atoms with Crippen LogP contribution in [0.15, 0.2) is 121 Å². The van der Waals surface area contributed by atoms with Crippen LogP contribution >= 0.6 is 11.3 Å². The van der Waals surface area contributed by atoms with E-state index in [2.05, 4.69) is 28.7 Å². The highest BCUT2D eigenvalue weighted by Crippen LogP contribution is 2.27. The highest BCUT2D eigenvalue weighted by Gasteiger charge is 2.14. The van der Waals surface area contributed by atoms with Gasteiger partial charge in [-0.3, -0.25) is 15.0 Å². The summed E-state index contributed by atoms with van der Waals surface area (Å²) in [6, 6.07) is 26.3. The second-order valence-corrected chi connectivity index (χ2v) is 12.2. The lowest BCUT2D eigenvalue weighted by atomic mass is 10.1. The van der Waals surface area contributed by atoms with Gasteiger partial charge in [0.05, 0.1) is 16.4 Å². The van der Waals surface area contributed by atoms with Crippen molar-refractivity contribution in [3.05, 3.63) is 133 Å². The van der Waals surface area contributed by atoms with E-state index in [1.165, 1.54) is 29.7 Å². The Labute approximate surface area is 314 Å². The highest BCUT2D eigenvalue weighted by molar-refractivity contribution is 7.22. The zero-order valence-corrected chi connectivity index (χ0v) is 29.8. The third-order valence-electron chi connectivity index (χ3n) is 7.36. The molecule has 0 fully saturated rings. The van der Waals surface area contributed by atoms with Gasteiger partial charge in [0, 0.05) is 30.6 Å². The lowest BCUT2D eigenvalue weighted by Gasteiger charge is -2.11. The second-order valence-electron chi connectivity index (χ2n) is 11.2. The monoisotopic (exact) mass is 749 g/mol. The fraction of sp³-hybridized carbons (Fsp3) is 0.150. The van der Waals surface area contributed by atoms with Gasteiger partial charge in [0.15, 0.2) is 0 Å². The minimum absolute atomic E-state index is 0.0737. The first-order valence-corrected chi connectivity index (χ1v) is 17.3. The maximum Gasteiger partial charge on any atom is 0.333 e. The molecule has 0 unspecified atom stereocenters. The van der Waals surface area contributed by atoms with Gasteiger partial charge in [-0.05, 0) is 78.6 Å². The van der Waals surface area contributed by atoms with E-state index in [1.54, 1.807) is 54.6 Å². The number of hydrogen-bond acceptors (Lipinski definition) is 14. The topological polar surface area (TPSA) is 161 Å². The molecule has 0 aliphatic carbocycles. The maximum absolute atomic E-state index is 12.9. The summed E-state index contributed by atoms with van der Waals surface area (Å²) in [4.78, 5) is 52.6. The molecular weight excluding hydrogens is 715 g/mol. The van der Waals surface area contributed by atoms with Crippen molar-refractivity contribution in [3.8, 4) is 23.0 Å². The number of carbonyl (C=O) groups excluding carboxylic acids is 4. The molecule has 0 radical (unpaired) electrons. The molecule has 5 rings (SSSR count). The zero-order valence-electron chi connectivity index (χ0n) is 28.9. The number of aromatic nitrogens is 1. The summed E-state index contributed by atoms with van der Waals surface area (Å²) in [6.07, 6.45) is 4.51. The summed E-state index contributed by atoms with van der Waals surface area (Å²) in [5, 5.41) is 4.87. The van der Waals surface area contributed by atoms with Crippen LogP contribution in [0.1, 0.15) is 29.5 Å². The smallest absolute Gasteiger partial charge is 0.333 e. The molecule has 0 amide bonds. The Kier molecular flexibility index (Phi) is 14.0. The molecule has 0 saturated carbocycles. The number of thiazole rings is 1. The van der Waals surface area contributed by atoms with Crippen LogP contribution in [-0.4, -0.2) is 48.7 Å². The first kappa shape index (κ1) is 38.4. The van der Waals surface area contributed by atoms with E-state index in [9.17, 15) is 19.2 Å². The molecule has 5 aromatic rings. The van der Waals surface area contributed by atoms with Gasteiger partial charge in [-0.2, -0.15) is 5.10 Å². The number of nitrogens with one attached hydrogen (secondary N) is 1. The van der Waals surface area contributed by atoms with Gasteiger partial charge < -0.3 is 28.4 Å². The predicted molar refractivity (Wildman–Crippen MR) is 202 cm³/mol. The number of ether oxygens (including phenoxy) is 6. The van der Waals surface area contributed by atoms with Crippen LogP contribution in [0.5, 0.6) is 23.0 Å². The van der Waals surface area contributed by atoms with Crippen molar-refractivity contribution < 1.29 is 47.6 Å². The van der Waals surface area contributed by atoms with Crippen molar-refractivity contribution in [3.63, 3.8) is 0 Å². The number of fused-ring (bicyclic) bond motifs is 1. The van der Waals surface area contributed by atoms with Crippen LogP contribution in [0.2, 0.25) is 0 Å². The fourth-order valence-corrected chi connectivity index (χ4v) is 5.46. The molecular formula is C40H35N3O10S. The minimum atomic E-state index is -0.588. The molecule has 276 valence electrons. The molecule has 0 saturated heterocycles. The van der Waals surface area contributed by atoms with Crippen LogP contribution in [0.3, 0.4) is 0 Å². The van der Waals surface area contributed by atoms with Crippen molar-refractivity contribution in [1.29, 1.82) is 0 Å². The summed E-state index contributed by atoms with van der Waals surface area (Å²) in [5.41, 5.74) is 5.86. The number of anilines is 1. The molecule has 0 atom stereocenters. The van der Waals surface area contributed by atoms with Gasteiger partial charge in [0.25, 0.3) is 0 Å². The number of nitrogens with zero attached hydrogens (tertiary/aromatic N) is 2. The van der Waals surface area contributed by atoms with E-state index >= 15 is 0 Å². The van der Waals surface area contributed by atoms with Crippen LogP contribution in [0, 0.1) is 0 Å². The van der Waals surface area contributed by atoms with Crippen molar-refractivity contribution >= 4 is 56.8 Å². The minimum Gasteiger partial charge on any atom is -0.457 e. The normalized spacial score (nSPS) is 10.7. The first-order chi connectivity index (χ1) is 26.3. The number of para-hydroxylation sites is 1. The van der Waals surface area contributed by atoms with E-state index in [4.69, 9.17) is 28.4 Å². The zero-order chi connectivity index (χ0) is 38.1. The molecule has 0 bridgehead atoms. The van der Waals surface area contributed by atoms with Crippen molar-refractivity contribution in [2.24, 2.45) is 5.10 Å². The van der Waals surface area contributed by atoms with Gasteiger partial charge in [-0.1, -0.05) is 60.9 Å². The van der Waals surface area contributed by atoms with Crippen molar-refractivity contribution in [2.45, 2.75) is 25.7 Å². The fourth-order valence-electron chi connectivity index (χ4n) is 4.64. The van der Waals surface area contributed by atoms with Crippen LogP contribution < -0.4 is 24.4 Å². The van der Waals surface area contributed by atoms with Gasteiger partial charge in [-0.25, -0.2) is 14.6 Å². The Balaban J connectivity index is 1.18. The Hall–Kier alpha value is -6.80. The van der Waals surface area contributed by atoms with E-state index in [-0.39, 0.29) is 37.9 Å². The molecule has 54 heavy (non-hydrogen) atoms. The second kappa shape index (κ2) is 19.7. The highest BCUT2D eigenvalue weighted by atomic mass is 32.1. The van der Waals surface area contributed by atoms with E-state index in [0.717, 1.165) is 33.5 Å². The number of aryl methyl sites for hydroxylation is 2. The average molecular weight is 750 g/mol. The predicted octanol–water partition coefficient (Wildman–Crippen LogP) is 6.95. The number of hydrazone groups is 1. The number of hydrogen-bond donors (Lipinski definition) is 1. The molecule has 0 spiro atoms. The summed E-state index contributed by atoms with van der Waals surface area (Å²) < 4.78 is 32.7. The van der Waals surface area contributed by atoms with Crippen LogP contribution in [0.4, 0.5) is 5.13 Å². The van der Waals surface area contributed by atoms with Crippen molar-refractivity contribution in [2.75, 3.05) is 19.0 Å². The number of esters is 4. The summed E-state index contributed by atoms with van der Waals surface area (Å²) in [6.45, 7) is 6.16. The molecule has 14 heteroatoms. The van der Waals surface area contributed by atoms with Crippen LogP contribution in [-0.2, 0) is 41.5 Å². The lowest BCUT2D eigenvalue weighted by molar-refractivity contribution is -0.145. The molecule has 13 nitrogen and oxygen atoms in total. The first-order valence-electron chi connectivity index (χ1n) is 16.5. The molecule has 4 aromatic carbocycles. The van der Waals surface area contributed by atoms with Gasteiger partial charge >= 0.3 is 23.9 Å². The average Bonchev–Trinajstić information content (AvgIpc) is 3.61. The summed E-state index contributed by atoms with van der Waals surface area (Å²) in [7, 11) is 0. The SMILES string of the molecule is C=CC(=O)OCOc1ccc(CCC(=O)Oc2ccc(OC(=O)CCc3ccc(OCOC(=O)C=C)cc3)c(/C=N/Nc3nc4ccccc4s3)c2)cc1. The van der Waals surface area contributed by atoms with Gasteiger partial charge in [0.1, 0.15) is 23.0 Å². The number of benzene rings is 4. The number of carbonyl (C=O) groups is 4. The van der Waals surface area contributed by atoms with E-state index < -0.39 is 23.9 Å². The largest absolute Gasteiger partial charge is 0.457 e. The van der Waals surface area contributed by atoms with Gasteiger partial charge in [0.2, 0.25) is 18.7 Å². The van der Waals surface area contributed by atoms with E-state index in [1.807, 2.05) is 24.3 Å². The Morgan fingerprint density at radius 2 is 1.26 bits per heavy atom. The molecule has 1 aromatic heterocycles. The third kappa shape index (κ3) is 12.2. The summed E-state index contributed by atoms with van der Waals surface area (Å²) in [5.74, 6) is -0.688. The summed E-state index contributed by atoms with van der Waals surface area (Å²) >= 11 is 1.43. The molecule has 0 aliphatic heterocycles. The van der Waals surface area contributed by atoms with Crippen molar-refractivity contribution in [1.82, 2.24) is 4.98 Å². The molecule has 1 heterocycles. The standard InChI is InChI=1S/C40H35N3O10S/c1-3-36(44)50-25-48-30-15-9-27(10-16-30)13-21-38(46)52-32-19-20-34(29(23-32)24-41-43-40-42-33-7-5-6-8-35(33)54-40)53-39(47)22-14-28-11-17-31(18-12-28)49-26-51-37(45)4-2/h3-12,15-20,23-24H,1-2,13-14,21-22,25-26H2,(H,42,43)/b41-24+.